The first kappa shape index (κ1) is 19.1. The molecular weight excluding hydrogens is 348 g/mol. The van der Waals surface area contributed by atoms with Gasteiger partial charge in [0.1, 0.15) is 0 Å². The number of hydrogen-bond acceptors (Lipinski definition) is 4. The van der Waals surface area contributed by atoms with Gasteiger partial charge in [-0.25, -0.2) is 0 Å². The lowest BCUT2D eigenvalue weighted by Gasteiger charge is -2.28. The van der Waals surface area contributed by atoms with Crippen molar-refractivity contribution < 1.29 is 24.3 Å². The van der Waals surface area contributed by atoms with Crippen molar-refractivity contribution in [1.82, 2.24) is 10.2 Å². The molecule has 0 saturated carbocycles. The number of imide groups is 1. The predicted molar refractivity (Wildman–Crippen MR) is 96.8 cm³/mol. The van der Waals surface area contributed by atoms with E-state index >= 15 is 0 Å². The van der Waals surface area contributed by atoms with Gasteiger partial charge < -0.3 is 10.0 Å². The van der Waals surface area contributed by atoms with Crippen LogP contribution in [0.5, 0.6) is 0 Å². The minimum absolute atomic E-state index is 0.0598. The van der Waals surface area contributed by atoms with Gasteiger partial charge in [-0.3, -0.25) is 24.5 Å². The fourth-order valence-electron chi connectivity index (χ4n) is 3.92. The van der Waals surface area contributed by atoms with E-state index in [-0.39, 0.29) is 42.5 Å². The number of carbonyl (C=O) groups excluding carboxylic acids is 3. The smallest absolute Gasteiger partial charge is 0.311 e. The van der Waals surface area contributed by atoms with Crippen molar-refractivity contribution in [3.8, 4) is 0 Å². The molecule has 1 aromatic carbocycles. The maximum absolute atomic E-state index is 12.8. The van der Waals surface area contributed by atoms with E-state index in [0.717, 1.165) is 5.56 Å². The van der Waals surface area contributed by atoms with Crippen LogP contribution in [0.4, 0.5) is 0 Å². The number of carboxylic acid groups (broad SMARTS) is 1. The topological polar surface area (TPSA) is 104 Å². The molecule has 2 fully saturated rings. The third-order valence-electron chi connectivity index (χ3n) is 5.87. The van der Waals surface area contributed by atoms with Crippen molar-refractivity contribution >= 4 is 23.7 Å². The highest BCUT2D eigenvalue weighted by atomic mass is 16.4. The highest BCUT2D eigenvalue weighted by Crippen LogP contribution is 2.38. The predicted octanol–water partition coefficient (Wildman–Crippen LogP) is 1.46. The number of likely N-dealkylation sites (tertiary alicyclic amines) is 1. The van der Waals surface area contributed by atoms with Crippen molar-refractivity contribution in [1.29, 1.82) is 0 Å². The Morgan fingerprint density at radius 3 is 2.41 bits per heavy atom. The summed E-state index contributed by atoms with van der Waals surface area (Å²) in [5.41, 5.74) is 0.485. The van der Waals surface area contributed by atoms with Crippen LogP contribution in [0.1, 0.15) is 42.6 Å². The zero-order chi connectivity index (χ0) is 19.8. The van der Waals surface area contributed by atoms with E-state index in [1.54, 1.807) is 29.2 Å². The average Bonchev–Trinajstić information content (AvgIpc) is 3.20. The van der Waals surface area contributed by atoms with E-state index in [0.29, 0.717) is 24.9 Å². The lowest BCUT2D eigenvalue weighted by Crippen LogP contribution is -2.40. The molecule has 3 rings (SSSR count). The zero-order valence-electron chi connectivity index (χ0n) is 15.5. The quantitative estimate of drug-likeness (QED) is 0.762. The van der Waals surface area contributed by atoms with Gasteiger partial charge in [-0.1, -0.05) is 26.0 Å². The molecule has 2 aliphatic rings. The van der Waals surface area contributed by atoms with Crippen LogP contribution in [-0.2, 0) is 20.8 Å². The van der Waals surface area contributed by atoms with Gasteiger partial charge >= 0.3 is 5.97 Å². The molecule has 7 nitrogen and oxygen atoms in total. The molecule has 2 heterocycles. The number of rotatable bonds is 5. The standard InChI is InChI=1S/C20H24N2O5/c1-12(2)20(19(26)27)7-8-22(11-20)18(25)14-5-3-13(4-6-14)9-15-10-16(23)21-17(15)24/h3-6,12,15H,7-11H2,1-2H3,(H,26,27)(H,21,23,24). The maximum Gasteiger partial charge on any atom is 0.311 e. The van der Waals surface area contributed by atoms with Crippen LogP contribution in [0.2, 0.25) is 0 Å². The summed E-state index contributed by atoms with van der Waals surface area (Å²) < 4.78 is 0. The van der Waals surface area contributed by atoms with Gasteiger partial charge in [0.25, 0.3) is 5.91 Å². The molecule has 7 heteroatoms. The second-order valence-corrected chi connectivity index (χ2v) is 7.81. The number of carbonyl (C=O) groups is 4. The Morgan fingerprint density at radius 2 is 1.93 bits per heavy atom. The SMILES string of the molecule is CC(C)C1(C(=O)O)CCN(C(=O)c2ccc(CC3CC(=O)NC3=O)cc2)C1. The van der Waals surface area contributed by atoms with E-state index in [4.69, 9.17) is 0 Å². The number of benzene rings is 1. The van der Waals surface area contributed by atoms with Crippen molar-refractivity contribution in [2.75, 3.05) is 13.1 Å². The Morgan fingerprint density at radius 1 is 1.26 bits per heavy atom. The fraction of sp³-hybridized carbons (Fsp3) is 0.500. The minimum atomic E-state index is -0.891. The van der Waals surface area contributed by atoms with Gasteiger partial charge in [-0.2, -0.15) is 0 Å². The van der Waals surface area contributed by atoms with Crippen LogP contribution in [0.25, 0.3) is 0 Å². The van der Waals surface area contributed by atoms with Crippen molar-refractivity contribution in [3.05, 3.63) is 35.4 Å². The Kier molecular flexibility index (Phi) is 5.04. The molecule has 2 N–H and O–H groups in total. The van der Waals surface area contributed by atoms with Crippen LogP contribution in [0.15, 0.2) is 24.3 Å². The summed E-state index contributed by atoms with van der Waals surface area (Å²) in [6.45, 7) is 4.39. The van der Waals surface area contributed by atoms with Crippen molar-refractivity contribution in [2.45, 2.75) is 33.1 Å². The zero-order valence-corrected chi connectivity index (χ0v) is 15.5. The van der Waals surface area contributed by atoms with Crippen molar-refractivity contribution in [3.63, 3.8) is 0 Å². The van der Waals surface area contributed by atoms with E-state index in [9.17, 15) is 24.3 Å². The molecule has 0 bridgehead atoms. The normalized spacial score (nSPS) is 25.1. The first-order valence-electron chi connectivity index (χ1n) is 9.18. The Bertz CT molecular complexity index is 786. The molecule has 1 aromatic rings. The van der Waals surface area contributed by atoms with Gasteiger partial charge in [0.2, 0.25) is 11.8 Å². The van der Waals surface area contributed by atoms with E-state index in [1.807, 2.05) is 13.8 Å². The minimum Gasteiger partial charge on any atom is -0.481 e. The van der Waals surface area contributed by atoms with Crippen LogP contribution in [-0.4, -0.2) is 46.8 Å². The summed E-state index contributed by atoms with van der Waals surface area (Å²) in [6.07, 6.45) is 1.10. The molecule has 144 valence electrons. The van der Waals surface area contributed by atoms with E-state index in [1.165, 1.54) is 0 Å². The number of amides is 3. The van der Waals surface area contributed by atoms with Crippen LogP contribution in [0.3, 0.4) is 0 Å². The van der Waals surface area contributed by atoms with Crippen molar-refractivity contribution in [2.24, 2.45) is 17.3 Å². The van der Waals surface area contributed by atoms with Gasteiger partial charge in [-0.15, -0.1) is 0 Å². The summed E-state index contributed by atoms with van der Waals surface area (Å²) in [6, 6.07) is 6.96. The highest BCUT2D eigenvalue weighted by molar-refractivity contribution is 6.03. The molecule has 0 radical (unpaired) electrons. The fourth-order valence-corrected chi connectivity index (χ4v) is 3.92. The number of hydrogen-bond donors (Lipinski definition) is 2. The molecule has 0 aromatic heterocycles. The maximum atomic E-state index is 12.8. The number of nitrogens with one attached hydrogen (secondary N) is 1. The molecule has 2 aliphatic heterocycles. The van der Waals surface area contributed by atoms with Gasteiger partial charge in [-0.05, 0) is 36.5 Å². The molecule has 3 amide bonds. The van der Waals surface area contributed by atoms with Crippen LogP contribution in [0, 0.1) is 17.3 Å². The van der Waals surface area contributed by atoms with Gasteiger partial charge in [0, 0.05) is 25.1 Å². The Labute approximate surface area is 157 Å². The highest BCUT2D eigenvalue weighted by Gasteiger charge is 2.48. The largest absolute Gasteiger partial charge is 0.481 e. The average molecular weight is 372 g/mol. The Balaban J connectivity index is 1.67. The second-order valence-electron chi connectivity index (χ2n) is 7.81. The first-order chi connectivity index (χ1) is 12.7. The van der Waals surface area contributed by atoms with Crippen LogP contribution < -0.4 is 5.32 Å². The lowest BCUT2D eigenvalue weighted by molar-refractivity contribution is -0.150. The molecule has 0 spiro atoms. The Hall–Kier alpha value is -2.70. The van der Waals surface area contributed by atoms with E-state index in [2.05, 4.69) is 5.32 Å². The summed E-state index contributed by atoms with van der Waals surface area (Å²) in [5, 5.41) is 11.9. The van der Waals surface area contributed by atoms with Gasteiger partial charge in [0.15, 0.2) is 0 Å². The first-order valence-corrected chi connectivity index (χ1v) is 9.18. The number of carboxylic acids is 1. The monoisotopic (exact) mass is 372 g/mol. The van der Waals surface area contributed by atoms with Gasteiger partial charge in [0.05, 0.1) is 11.3 Å². The van der Waals surface area contributed by atoms with Crippen LogP contribution >= 0.6 is 0 Å². The number of aliphatic carboxylic acids is 1. The molecule has 2 unspecified atom stereocenters. The second kappa shape index (κ2) is 7.13. The molecular formula is C20H24N2O5. The summed E-state index contributed by atoms with van der Waals surface area (Å²) in [4.78, 5) is 49.0. The third-order valence-corrected chi connectivity index (χ3v) is 5.87. The molecule has 2 saturated heterocycles. The molecule has 27 heavy (non-hydrogen) atoms. The molecule has 0 aliphatic carbocycles. The third kappa shape index (κ3) is 3.59. The lowest BCUT2D eigenvalue weighted by atomic mass is 9.76. The summed E-state index contributed by atoms with van der Waals surface area (Å²) in [5.74, 6) is -1.96. The van der Waals surface area contributed by atoms with E-state index < -0.39 is 11.4 Å². The molecule has 2 atom stereocenters. The summed E-state index contributed by atoms with van der Waals surface area (Å²) in [7, 11) is 0. The number of nitrogens with zero attached hydrogens (tertiary/aromatic N) is 1. The summed E-state index contributed by atoms with van der Waals surface area (Å²) >= 11 is 0.